The van der Waals surface area contributed by atoms with Crippen molar-refractivity contribution in [3.63, 3.8) is 0 Å². The molecule has 0 atom stereocenters. The number of carbonyl (C=O) groups excluding carboxylic acids is 3. The summed E-state index contributed by atoms with van der Waals surface area (Å²) in [6.07, 6.45) is 0.376. The maximum absolute atomic E-state index is 11.8. The largest absolute Gasteiger partial charge is 0.460 e. The zero-order valence-electron chi connectivity index (χ0n) is 14.4. The second-order valence-electron chi connectivity index (χ2n) is 5.69. The summed E-state index contributed by atoms with van der Waals surface area (Å²) in [5.41, 5.74) is 1.80. The monoisotopic (exact) mass is 354 g/mol. The van der Waals surface area contributed by atoms with Crippen LogP contribution in [0, 0.1) is 0 Å². The van der Waals surface area contributed by atoms with Crippen molar-refractivity contribution in [3.05, 3.63) is 71.8 Å². The number of amides is 2. The quantitative estimate of drug-likeness (QED) is 0.670. The van der Waals surface area contributed by atoms with E-state index in [2.05, 4.69) is 10.6 Å². The smallest absolute Gasteiger partial charge is 0.325 e. The number of carbonyl (C=O) groups is 3. The summed E-state index contributed by atoms with van der Waals surface area (Å²) in [7, 11) is 0. The molecule has 2 rings (SSSR count). The summed E-state index contributed by atoms with van der Waals surface area (Å²) >= 11 is 0. The van der Waals surface area contributed by atoms with Crippen LogP contribution in [-0.4, -0.2) is 30.9 Å². The fourth-order valence-corrected chi connectivity index (χ4v) is 2.21. The molecule has 26 heavy (non-hydrogen) atoms. The van der Waals surface area contributed by atoms with Crippen LogP contribution in [0.1, 0.15) is 17.5 Å². The molecule has 6 nitrogen and oxygen atoms in total. The minimum Gasteiger partial charge on any atom is -0.460 e. The van der Waals surface area contributed by atoms with Crippen molar-refractivity contribution in [1.29, 1.82) is 0 Å². The fraction of sp³-hybridized carbons (Fsp3) is 0.250. The number of hydrogen-bond acceptors (Lipinski definition) is 4. The Labute approximate surface area is 152 Å². The highest BCUT2D eigenvalue weighted by Crippen LogP contribution is 2.00. The van der Waals surface area contributed by atoms with Gasteiger partial charge >= 0.3 is 5.97 Å². The van der Waals surface area contributed by atoms with Crippen molar-refractivity contribution < 1.29 is 19.1 Å². The van der Waals surface area contributed by atoms with Gasteiger partial charge < -0.3 is 15.4 Å². The highest BCUT2D eigenvalue weighted by atomic mass is 16.5. The zero-order chi connectivity index (χ0) is 18.6. The Kier molecular flexibility index (Phi) is 7.86. The van der Waals surface area contributed by atoms with Gasteiger partial charge in [-0.05, 0) is 11.1 Å². The number of ether oxygens (including phenoxy) is 1. The van der Waals surface area contributed by atoms with E-state index in [9.17, 15) is 14.4 Å². The number of nitrogens with one attached hydrogen (secondary N) is 2. The number of hydrogen-bond donors (Lipinski definition) is 2. The molecule has 0 unspecified atom stereocenters. The highest BCUT2D eigenvalue weighted by Gasteiger charge is 2.08. The first-order valence-corrected chi connectivity index (χ1v) is 8.40. The van der Waals surface area contributed by atoms with Crippen LogP contribution in [0.4, 0.5) is 0 Å². The Hall–Kier alpha value is -3.15. The standard InChI is InChI=1S/C20H22N2O4/c23-18(11-12-21-19(24)13-16-7-3-1-4-8-16)22-14-20(25)26-15-17-9-5-2-6-10-17/h1-10H,11-15H2,(H,21,24)(H,22,23). The van der Waals surface area contributed by atoms with Gasteiger partial charge in [-0.15, -0.1) is 0 Å². The Morgan fingerprint density at radius 3 is 2.04 bits per heavy atom. The molecule has 2 aromatic rings. The molecule has 0 saturated carbocycles. The third kappa shape index (κ3) is 7.61. The number of rotatable bonds is 9. The van der Waals surface area contributed by atoms with E-state index in [0.717, 1.165) is 11.1 Å². The molecule has 6 heteroatoms. The van der Waals surface area contributed by atoms with Gasteiger partial charge in [0.2, 0.25) is 11.8 Å². The SMILES string of the molecule is O=C(CCNC(=O)Cc1ccccc1)NCC(=O)OCc1ccccc1. The maximum atomic E-state index is 11.8. The summed E-state index contributed by atoms with van der Waals surface area (Å²) in [6, 6.07) is 18.7. The van der Waals surface area contributed by atoms with Gasteiger partial charge in [0.1, 0.15) is 13.2 Å². The molecule has 0 bridgehead atoms. The van der Waals surface area contributed by atoms with Crippen molar-refractivity contribution in [2.45, 2.75) is 19.4 Å². The third-order valence-corrected chi connectivity index (χ3v) is 3.55. The van der Waals surface area contributed by atoms with E-state index in [0.29, 0.717) is 0 Å². The van der Waals surface area contributed by atoms with Gasteiger partial charge in [-0.2, -0.15) is 0 Å². The lowest BCUT2D eigenvalue weighted by Crippen LogP contribution is -2.34. The van der Waals surface area contributed by atoms with Crippen molar-refractivity contribution in [2.75, 3.05) is 13.1 Å². The molecular weight excluding hydrogens is 332 g/mol. The lowest BCUT2D eigenvalue weighted by molar-refractivity contribution is -0.145. The lowest BCUT2D eigenvalue weighted by Gasteiger charge is -2.08. The van der Waals surface area contributed by atoms with E-state index >= 15 is 0 Å². The normalized spacial score (nSPS) is 10.0. The van der Waals surface area contributed by atoms with Crippen LogP contribution >= 0.6 is 0 Å². The van der Waals surface area contributed by atoms with Crippen molar-refractivity contribution >= 4 is 17.8 Å². The predicted octanol–water partition coefficient (Wildman–Crippen LogP) is 1.59. The molecule has 0 aliphatic carbocycles. The second kappa shape index (κ2) is 10.7. The van der Waals surface area contributed by atoms with Crippen LogP contribution in [-0.2, 0) is 32.1 Å². The van der Waals surface area contributed by atoms with E-state index < -0.39 is 5.97 Å². The molecule has 0 radical (unpaired) electrons. The Morgan fingerprint density at radius 1 is 0.769 bits per heavy atom. The van der Waals surface area contributed by atoms with E-state index in [-0.39, 0.29) is 44.4 Å². The van der Waals surface area contributed by atoms with Crippen LogP contribution in [0.3, 0.4) is 0 Å². The van der Waals surface area contributed by atoms with Crippen LogP contribution in [0.25, 0.3) is 0 Å². The molecule has 0 saturated heterocycles. The summed E-state index contributed by atoms with van der Waals surface area (Å²) in [5.74, 6) is -0.969. The molecule has 0 heterocycles. The van der Waals surface area contributed by atoms with Gasteiger partial charge in [-0.3, -0.25) is 14.4 Å². The molecule has 0 aliphatic rings. The predicted molar refractivity (Wildman–Crippen MR) is 97.0 cm³/mol. The summed E-state index contributed by atoms with van der Waals surface area (Å²) in [4.78, 5) is 35.1. The van der Waals surface area contributed by atoms with Crippen molar-refractivity contribution in [3.8, 4) is 0 Å². The first kappa shape index (κ1) is 19.2. The second-order valence-corrected chi connectivity index (χ2v) is 5.69. The first-order chi connectivity index (χ1) is 12.6. The van der Waals surface area contributed by atoms with E-state index in [1.807, 2.05) is 60.7 Å². The van der Waals surface area contributed by atoms with Crippen molar-refractivity contribution in [2.24, 2.45) is 0 Å². The molecule has 0 fully saturated rings. The first-order valence-electron chi connectivity index (χ1n) is 8.40. The lowest BCUT2D eigenvalue weighted by atomic mass is 10.1. The van der Waals surface area contributed by atoms with E-state index in [1.165, 1.54) is 0 Å². The molecule has 2 amide bonds. The number of esters is 1. The third-order valence-electron chi connectivity index (χ3n) is 3.55. The van der Waals surface area contributed by atoms with Gasteiger partial charge in [0, 0.05) is 13.0 Å². The molecule has 0 aliphatic heterocycles. The molecule has 2 aromatic carbocycles. The summed E-state index contributed by atoms with van der Waals surface area (Å²) in [6.45, 7) is 0.200. The average Bonchev–Trinajstić information content (AvgIpc) is 2.66. The van der Waals surface area contributed by atoms with E-state index in [1.54, 1.807) is 0 Å². The minimum atomic E-state index is -0.504. The Bertz CT molecular complexity index is 717. The van der Waals surface area contributed by atoms with Gasteiger partial charge in [0.05, 0.1) is 6.42 Å². The van der Waals surface area contributed by atoms with Crippen LogP contribution < -0.4 is 10.6 Å². The number of benzene rings is 2. The molecule has 0 spiro atoms. The topological polar surface area (TPSA) is 84.5 Å². The van der Waals surface area contributed by atoms with Crippen LogP contribution in [0.15, 0.2) is 60.7 Å². The summed E-state index contributed by atoms with van der Waals surface area (Å²) < 4.78 is 5.06. The van der Waals surface area contributed by atoms with Crippen LogP contribution in [0.2, 0.25) is 0 Å². The Balaban J connectivity index is 1.55. The van der Waals surface area contributed by atoms with Gasteiger partial charge in [-0.1, -0.05) is 60.7 Å². The molecule has 136 valence electrons. The molecule has 0 aromatic heterocycles. The van der Waals surface area contributed by atoms with Gasteiger partial charge in [0.25, 0.3) is 0 Å². The molecule has 2 N–H and O–H groups in total. The Morgan fingerprint density at radius 2 is 1.38 bits per heavy atom. The minimum absolute atomic E-state index is 0.104. The highest BCUT2D eigenvalue weighted by molar-refractivity contribution is 5.83. The van der Waals surface area contributed by atoms with Crippen molar-refractivity contribution in [1.82, 2.24) is 10.6 Å². The average molecular weight is 354 g/mol. The summed E-state index contributed by atoms with van der Waals surface area (Å²) in [5, 5.41) is 5.16. The van der Waals surface area contributed by atoms with E-state index in [4.69, 9.17) is 4.74 Å². The zero-order valence-corrected chi connectivity index (χ0v) is 14.4. The maximum Gasteiger partial charge on any atom is 0.325 e. The van der Waals surface area contributed by atoms with Crippen LogP contribution in [0.5, 0.6) is 0 Å². The molecular formula is C20H22N2O4. The van der Waals surface area contributed by atoms with Gasteiger partial charge in [-0.25, -0.2) is 0 Å². The fourth-order valence-electron chi connectivity index (χ4n) is 2.21. The van der Waals surface area contributed by atoms with Gasteiger partial charge in [0.15, 0.2) is 0 Å².